The fraction of sp³-hybridized carbons (Fsp3) is 0.647. The zero-order valence-corrected chi connectivity index (χ0v) is 15.6. The molecule has 0 saturated heterocycles. The molecule has 1 rings (SSSR count). The first-order valence-corrected chi connectivity index (χ1v) is 9.26. The Morgan fingerprint density at radius 2 is 1.41 bits per heavy atom. The standard InChI is InChI=1S/C17H29O4P/c1-13(2)20-22(18,21-14(3)4)16-10-8-15(9-11-16)12-19-17(5,6)7/h8-11,13-14H,12H2,1-7H3. The molecule has 0 bridgehead atoms. The summed E-state index contributed by atoms with van der Waals surface area (Å²) in [5.41, 5.74) is 0.842. The number of hydrogen-bond donors (Lipinski definition) is 0. The van der Waals surface area contributed by atoms with Crippen molar-refractivity contribution in [1.82, 2.24) is 0 Å². The molecule has 0 amide bonds. The van der Waals surface area contributed by atoms with E-state index in [-0.39, 0.29) is 17.8 Å². The second-order valence-corrected chi connectivity index (χ2v) is 8.81. The molecule has 0 saturated carbocycles. The molecule has 0 N–H and O–H groups in total. The van der Waals surface area contributed by atoms with E-state index in [0.717, 1.165) is 5.56 Å². The highest BCUT2D eigenvalue weighted by Gasteiger charge is 2.30. The van der Waals surface area contributed by atoms with Gasteiger partial charge in [0, 0.05) is 0 Å². The summed E-state index contributed by atoms with van der Waals surface area (Å²) in [5.74, 6) is 0. The minimum atomic E-state index is -3.30. The number of hydrogen-bond acceptors (Lipinski definition) is 4. The van der Waals surface area contributed by atoms with Gasteiger partial charge < -0.3 is 13.8 Å². The Balaban J connectivity index is 2.91. The Morgan fingerprint density at radius 1 is 0.955 bits per heavy atom. The van der Waals surface area contributed by atoms with Crippen molar-refractivity contribution < 1.29 is 18.3 Å². The van der Waals surface area contributed by atoms with Gasteiger partial charge in [-0.05, 0) is 66.2 Å². The molecule has 4 nitrogen and oxygen atoms in total. The SMILES string of the molecule is CC(C)OP(=O)(OC(C)C)c1ccc(COC(C)(C)C)cc1. The molecule has 0 atom stereocenters. The van der Waals surface area contributed by atoms with Gasteiger partial charge in [-0.2, -0.15) is 0 Å². The topological polar surface area (TPSA) is 44.8 Å². The van der Waals surface area contributed by atoms with Gasteiger partial charge in [0.25, 0.3) is 0 Å². The maximum absolute atomic E-state index is 13.0. The van der Waals surface area contributed by atoms with Crippen LogP contribution in [0.3, 0.4) is 0 Å². The predicted molar refractivity (Wildman–Crippen MR) is 90.7 cm³/mol. The van der Waals surface area contributed by atoms with Crippen molar-refractivity contribution in [2.24, 2.45) is 0 Å². The summed E-state index contributed by atoms with van der Waals surface area (Å²) < 4.78 is 29.9. The van der Waals surface area contributed by atoms with Crippen molar-refractivity contribution in [3.05, 3.63) is 29.8 Å². The molecule has 0 fully saturated rings. The minimum Gasteiger partial charge on any atom is -0.371 e. The van der Waals surface area contributed by atoms with Gasteiger partial charge in [-0.3, -0.25) is 4.57 Å². The average Bonchev–Trinajstić information content (AvgIpc) is 2.34. The van der Waals surface area contributed by atoms with Crippen molar-refractivity contribution in [2.75, 3.05) is 0 Å². The molecular weight excluding hydrogens is 299 g/mol. The second-order valence-electron chi connectivity index (χ2n) is 6.87. The largest absolute Gasteiger partial charge is 0.371 e. The maximum atomic E-state index is 13.0. The Morgan fingerprint density at radius 3 is 1.77 bits per heavy atom. The minimum absolute atomic E-state index is 0.173. The van der Waals surface area contributed by atoms with E-state index in [9.17, 15) is 4.57 Å². The number of rotatable bonds is 7. The zero-order chi connectivity index (χ0) is 17.0. The maximum Gasteiger partial charge on any atom is 0.361 e. The Kier molecular flexibility index (Phi) is 6.82. The van der Waals surface area contributed by atoms with Crippen LogP contribution in [0.4, 0.5) is 0 Å². The van der Waals surface area contributed by atoms with Gasteiger partial charge in [0.15, 0.2) is 0 Å². The van der Waals surface area contributed by atoms with Gasteiger partial charge >= 0.3 is 7.60 Å². The van der Waals surface area contributed by atoms with E-state index < -0.39 is 7.60 Å². The van der Waals surface area contributed by atoms with Crippen molar-refractivity contribution in [2.45, 2.75) is 72.9 Å². The number of ether oxygens (including phenoxy) is 1. The van der Waals surface area contributed by atoms with Crippen LogP contribution in [-0.2, 0) is 25.0 Å². The van der Waals surface area contributed by atoms with Crippen LogP contribution in [0.25, 0.3) is 0 Å². The van der Waals surface area contributed by atoms with E-state index in [4.69, 9.17) is 13.8 Å². The summed E-state index contributed by atoms with van der Waals surface area (Å²) in [4.78, 5) is 0. The van der Waals surface area contributed by atoms with Crippen molar-refractivity contribution in [1.29, 1.82) is 0 Å². The first kappa shape index (κ1) is 19.4. The third kappa shape index (κ3) is 6.62. The van der Waals surface area contributed by atoms with Gasteiger partial charge in [0.1, 0.15) is 0 Å². The van der Waals surface area contributed by atoms with E-state index >= 15 is 0 Å². The van der Waals surface area contributed by atoms with E-state index in [0.29, 0.717) is 11.9 Å². The Bertz CT molecular complexity index is 486. The monoisotopic (exact) mass is 328 g/mol. The molecular formula is C17H29O4P. The molecule has 1 aromatic rings. The van der Waals surface area contributed by atoms with E-state index in [1.807, 2.05) is 60.6 Å². The van der Waals surface area contributed by atoms with Gasteiger partial charge in [0.2, 0.25) is 0 Å². The molecule has 22 heavy (non-hydrogen) atoms. The summed E-state index contributed by atoms with van der Waals surface area (Å²) in [6.45, 7) is 14.0. The highest BCUT2D eigenvalue weighted by atomic mass is 31.2. The molecule has 0 aliphatic heterocycles. The zero-order valence-electron chi connectivity index (χ0n) is 14.8. The second kappa shape index (κ2) is 7.74. The summed E-state index contributed by atoms with van der Waals surface area (Å²) in [6.07, 6.45) is -0.345. The highest BCUT2D eigenvalue weighted by Crippen LogP contribution is 2.49. The number of benzene rings is 1. The molecule has 0 spiro atoms. The molecule has 126 valence electrons. The van der Waals surface area contributed by atoms with Crippen LogP contribution in [0.15, 0.2) is 24.3 Å². The van der Waals surface area contributed by atoms with Gasteiger partial charge in [-0.15, -0.1) is 0 Å². The smallest absolute Gasteiger partial charge is 0.361 e. The van der Waals surface area contributed by atoms with Crippen LogP contribution in [0, 0.1) is 0 Å². The molecule has 0 radical (unpaired) electrons. The first-order chi connectivity index (χ1) is 10.0. The predicted octanol–water partition coefficient (Wildman–Crippen LogP) is 4.67. The van der Waals surface area contributed by atoms with Gasteiger partial charge in [0.05, 0.1) is 29.7 Å². The summed E-state index contributed by atoms with van der Waals surface area (Å²) in [7, 11) is -3.30. The van der Waals surface area contributed by atoms with Crippen LogP contribution >= 0.6 is 7.60 Å². The fourth-order valence-electron chi connectivity index (χ4n) is 1.78. The van der Waals surface area contributed by atoms with Crippen molar-refractivity contribution in [3.63, 3.8) is 0 Å². The molecule has 1 aromatic carbocycles. The summed E-state index contributed by atoms with van der Waals surface area (Å²) in [5, 5.41) is 0.578. The van der Waals surface area contributed by atoms with E-state index in [2.05, 4.69) is 0 Å². The fourth-order valence-corrected chi connectivity index (χ4v) is 3.69. The molecule has 0 aromatic heterocycles. The third-order valence-corrected chi connectivity index (χ3v) is 4.95. The lowest BCUT2D eigenvalue weighted by atomic mass is 10.2. The Hall–Kier alpha value is -0.670. The van der Waals surface area contributed by atoms with Gasteiger partial charge in [-0.25, -0.2) is 0 Å². The third-order valence-electron chi connectivity index (χ3n) is 2.62. The first-order valence-electron chi connectivity index (χ1n) is 7.72. The average molecular weight is 328 g/mol. The molecule has 5 heteroatoms. The molecule has 0 aliphatic carbocycles. The van der Waals surface area contributed by atoms with Crippen molar-refractivity contribution in [3.8, 4) is 0 Å². The quantitative estimate of drug-likeness (QED) is 0.682. The molecule has 0 heterocycles. The van der Waals surface area contributed by atoms with Crippen LogP contribution in [0.1, 0.15) is 54.0 Å². The van der Waals surface area contributed by atoms with E-state index in [1.165, 1.54) is 0 Å². The Labute approximate surface area is 134 Å². The lowest BCUT2D eigenvalue weighted by molar-refractivity contribution is -0.0149. The lowest BCUT2D eigenvalue weighted by Crippen LogP contribution is -2.19. The van der Waals surface area contributed by atoms with Crippen LogP contribution < -0.4 is 5.30 Å². The molecule has 0 unspecified atom stereocenters. The molecule has 0 aliphatic rings. The lowest BCUT2D eigenvalue weighted by Gasteiger charge is -2.23. The van der Waals surface area contributed by atoms with Crippen LogP contribution in [0.2, 0.25) is 0 Å². The normalized spacial score (nSPS) is 13.1. The van der Waals surface area contributed by atoms with Crippen molar-refractivity contribution >= 4 is 12.9 Å². The van der Waals surface area contributed by atoms with Crippen LogP contribution in [-0.4, -0.2) is 17.8 Å². The highest BCUT2D eigenvalue weighted by molar-refractivity contribution is 7.62. The summed E-state index contributed by atoms with van der Waals surface area (Å²) in [6, 6.07) is 7.40. The van der Waals surface area contributed by atoms with E-state index in [1.54, 1.807) is 12.1 Å². The van der Waals surface area contributed by atoms with Gasteiger partial charge in [-0.1, -0.05) is 12.1 Å². The van der Waals surface area contributed by atoms with Crippen LogP contribution in [0.5, 0.6) is 0 Å². The summed E-state index contributed by atoms with van der Waals surface area (Å²) >= 11 is 0.